The number of thiophene rings is 1. The summed E-state index contributed by atoms with van der Waals surface area (Å²) in [5, 5.41) is 0. The molecule has 2 heterocycles. The molecular weight excluding hydrogens is 362 g/mol. The molecule has 1 aliphatic heterocycles. The van der Waals surface area contributed by atoms with Gasteiger partial charge in [0.15, 0.2) is 11.5 Å². The largest absolute Gasteiger partial charge is 0.493 e. The molecule has 0 aliphatic carbocycles. The van der Waals surface area contributed by atoms with Gasteiger partial charge in [0.05, 0.1) is 26.2 Å². The Labute approximate surface area is 164 Å². The molecule has 0 spiro atoms. The van der Waals surface area contributed by atoms with Crippen molar-refractivity contribution in [1.82, 2.24) is 4.90 Å². The summed E-state index contributed by atoms with van der Waals surface area (Å²) in [6.07, 6.45) is 4.41. The minimum atomic E-state index is 0.136. The van der Waals surface area contributed by atoms with E-state index in [0.717, 1.165) is 41.1 Å². The van der Waals surface area contributed by atoms with Crippen molar-refractivity contribution in [3.63, 3.8) is 0 Å². The summed E-state index contributed by atoms with van der Waals surface area (Å²) < 4.78 is 16.4. The molecule has 1 fully saturated rings. The van der Waals surface area contributed by atoms with Crippen LogP contribution in [0.15, 0.2) is 24.3 Å². The van der Waals surface area contributed by atoms with E-state index in [2.05, 4.69) is 6.92 Å². The van der Waals surface area contributed by atoms with Gasteiger partial charge < -0.3 is 19.1 Å². The van der Waals surface area contributed by atoms with E-state index in [4.69, 9.17) is 14.2 Å². The molecule has 0 bridgehead atoms. The molecule has 1 aromatic carbocycles. The number of piperidine rings is 1. The Kier molecular flexibility index (Phi) is 6.26. The number of nitrogens with zero attached hydrogens (tertiary/aromatic N) is 1. The SMILES string of the molecule is CCC1CCCCN1C(=O)c1ccc(-c2ccc(OC)c(OC)c2OC)s1. The highest BCUT2D eigenvalue weighted by atomic mass is 32.1. The number of rotatable bonds is 6. The van der Waals surface area contributed by atoms with Gasteiger partial charge in [0.2, 0.25) is 5.75 Å². The zero-order chi connectivity index (χ0) is 19.4. The number of hydrogen-bond donors (Lipinski definition) is 0. The monoisotopic (exact) mass is 389 g/mol. The van der Waals surface area contributed by atoms with Crippen molar-refractivity contribution in [3.05, 3.63) is 29.1 Å². The molecule has 1 saturated heterocycles. The van der Waals surface area contributed by atoms with Crippen LogP contribution < -0.4 is 14.2 Å². The van der Waals surface area contributed by atoms with Gasteiger partial charge in [-0.05, 0) is 49.9 Å². The van der Waals surface area contributed by atoms with E-state index in [1.54, 1.807) is 21.3 Å². The van der Waals surface area contributed by atoms with Crippen molar-refractivity contribution in [2.45, 2.75) is 38.6 Å². The summed E-state index contributed by atoms with van der Waals surface area (Å²) in [7, 11) is 4.80. The Morgan fingerprint density at radius 1 is 1.07 bits per heavy atom. The Bertz CT molecular complexity index is 801. The van der Waals surface area contributed by atoms with Gasteiger partial charge in [-0.3, -0.25) is 4.79 Å². The van der Waals surface area contributed by atoms with Gasteiger partial charge in [0.1, 0.15) is 0 Å². The summed E-state index contributed by atoms with van der Waals surface area (Å²) in [5.74, 6) is 1.92. The molecule has 1 amide bonds. The lowest BCUT2D eigenvalue weighted by Crippen LogP contribution is -2.43. The summed E-state index contributed by atoms with van der Waals surface area (Å²) in [6.45, 7) is 3.01. The van der Waals surface area contributed by atoms with Crippen molar-refractivity contribution in [3.8, 4) is 27.7 Å². The van der Waals surface area contributed by atoms with Crippen molar-refractivity contribution >= 4 is 17.2 Å². The van der Waals surface area contributed by atoms with E-state index in [1.165, 1.54) is 17.8 Å². The minimum Gasteiger partial charge on any atom is -0.493 e. The zero-order valence-corrected chi connectivity index (χ0v) is 17.2. The summed E-state index contributed by atoms with van der Waals surface area (Å²) in [4.78, 5) is 16.8. The van der Waals surface area contributed by atoms with Crippen LogP contribution >= 0.6 is 11.3 Å². The average molecular weight is 390 g/mol. The number of ether oxygens (including phenoxy) is 3. The normalized spacial score (nSPS) is 16.9. The standard InChI is InChI=1S/C21H27NO4S/c1-5-14-8-6-7-13-22(14)21(23)18-12-11-17(27-18)15-9-10-16(24-2)20(26-4)19(15)25-3/h9-12,14H,5-8,13H2,1-4H3. The fraction of sp³-hybridized carbons (Fsp3) is 0.476. The molecule has 27 heavy (non-hydrogen) atoms. The molecule has 1 aliphatic rings. The van der Waals surface area contributed by atoms with E-state index in [-0.39, 0.29) is 5.91 Å². The molecule has 2 aromatic rings. The van der Waals surface area contributed by atoms with Crippen LogP contribution in [-0.4, -0.2) is 44.7 Å². The molecule has 0 radical (unpaired) electrons. The van der Waals surface area contributed by atoms with Crippen LogP contribution in [0.3, 0.4) is 0 Å². The highest BCUT2D eigenvalue weighted by Crippen LogP contribution is 2.46. The number of hydrogen-bond acceptors (Lipinski definition) is 5. The first-order chi connectivity index (χ1) is 13.1. The van der Waals surface area contributed by atoms with Crippen LogP contribution in [-0.2, 0) is 0 Å². The molecule has 146 valence electrons. The average Bonchev–Trinajstić information content (AvgIpc) is 3.21. The van der Waals surface area contributed by atoms with Crippen LogP contribution in [0, 0.1) is 0 Å². The second kappa shape index (κ2) is 8.65. The zero-order valence-electron chi connectivity index (χ0n) is 16.4. The van der Waals surface area contributed by atoms with Gasteiger partial charge in [-0.1, -0.05) is 6.92 Å². The number of carbonyl (C=O) groups is 1. The number of likely N-dealkylation sites (tertiary alicyclic amines) is 1. The lowest BCUT2D eigenvalue weighted by atomic mass is 10.00. The van der Waals surface area contributed by atoms with Crippen molar-refractivity contribution < 1.29 is 19.0 Å². The van der Waals surface area contributed by atoms with Crippen LogP contribution in [0.1, 0.15) is 42.3 Å². The van der Waals surface area contributed by atoms with Crippen LogP contribution in [0.5, 0.6) is 17.2 Å². The van der Waals surface area contributed by atoms with E-state index in [1.807, 2.05) is 29.2 Å². The quantitative estimate of drug-likeness (QED) is 0.709. The van der Waals surface area contributed by atoms with Crippen molar-refractivity contribution in [2.24, 2.45) is 0 Å². The Morgan fingerprint density at radius 2 is 1.85 bits per heavy atom. The second-order valence-electron chi connectivity index (χ2n) is 6.60. The van der Waals surface area contributed by atoms with Gasteiger partial charge in [-0.25, -0.2) is 0 Å². The summed E-state index contributed by atoms with van der Waals surface area (Å²) >= 11 is 1.49. The first kappa shape index (κ1) is 19.5. The number of amides is 1. The predicted molar refractivity (Wildman–Crippen MR) is 108 cm³/mol. The Hall–Kier alpha value is -2.21. The first-order valence-corrected chi connectivity index (χ1v) is 10.2. The second-order valence-corrected chi connectivity index (χ2v) is 7.69. The molecule has 1 atom stereocenters. The first-order valence-electron chi connectivity index (χ1n) is 9.34. The van der Waals surface area contributed by atoms with Gasteiger partial charge in [0.25, 0.3) is 5.91 Å². The van der Waals surface area contributed by atoms with Gasteiger partial charge in [-0.15, -0.1) is 11.3 Å². The number of carbonyl (C=O) groups excluding carboxylic acids is 1. The van der Waals surface area contributed by atoms with Crippen molar-refractivity contribution in [1.29, 1.82) is 0 Å². The lowest BCUT2D eigenvalue weighted by molar-refractivity contribution is 0.0613. The molecule has 0 saturated carbocycles. The van der Waals surface area contributed by atoms with Gasteiger partial charge >= 0.3 is 0 Å². The van der Waals surface area contributed by atoms with Gasteiger partial charge in [-0.2, -0.15) is 0 Å². The maximum Gasteiger partial charge on any atom is 0.264 e. The number of methoxy groups -OCH3 is 3. The highest BCUT2D eigenvalue weighted by Gasteiger charge is 2.27. The van der Waals surface area contributed by atoms with Crippen LogP contribution in [0.4, 0.5) is 0 Å². The summed E-state index contributed by atoms with van der Waals surface area (Å²) in [5.41, 5.74) is 0.893. The smallest absolute Gasteiger partial charge is 0.264 e. The fourth-order valence-electron chi connectivity index (χ4n) is 3.73. The maximum absolute atomic E-state index is 13.1. The van der Waals surface area contributed by atoms with Gasteiger partial charge in [0, 0.05) is 23.0 Å². The molecule has 3 rings (SSSR count). The molecule has 1 aromatic heterocycles. The molecular formula is C21H27NO4S. The van der Waals surface area contributed by atoms with E-state index < -0.39 is 0 Å². The molecule has 5 nitrogen and oxygen atoms in total. The van der Waals surface area contributed by atoms with E-state index in [9.17, 15) is 4.79 Å². The number of benzene rings is 1. The minimum absolute atomic E-state index is 0.136. The topological polar surface area (TPSA) is 48.0 Å². The Balaban J connectivity index is 1.93. The molecule has 0 N–H and O–H groups in total. The Morgan fingerprint density at radius 3 is 2.52 bits per heavy atom. The molecule has 6 heteroatoms. The summed E-state index contributed by atoms with van der Waals surface area (Å²) in [6, 6.07) is 8.05. The predicted octanol–water partition coefficient (Wildman–Crippen LogP) is 4.85. The van der Waals surface area contributed by atoms with E-state index >= 15 is 0 Å². The third-order valence-electron chi connectivity index (χ3n) is 5.15. The van der Waals surface area contributed by atoms with E-state index in [0.29, 0.717) is 23.3 Å². The van der Waals surface area contributed by atoms with Crippen LogP contribution in [0.25, 0.3) is 10.4 Å². The fourth-order valence-corrected chi connectivity index (χ4v) is 4.71. The highest BCUT2D eigenvalue weighted by molar-refractivity contribution is 7.17. The third-order valence-corrected chi connectivity index (χ3v) is 6.25. The maximum atomic E-state index is 13.1. The lowest BCUT2D eigenvalue weighted by Gasteiger charge is -2.35. The van der Waals surface area contributed by atoms with Crippen LogP contribution in [0.2, 0.25) is 0 Å². The molecule has 1 unspecified atom stereocenters. The third kappa shape index (κ3) is 3.76. The van der Waals surface area contributed by atoms with Crippen molar-refractivity contribution in [2.75, 3.05) is 27.9 Å².